The number of benzene rings is 16. The second-order valence-electron chi connectivity index (χ2n) is 31.3. The zero-order valence-corrected chi connectivity index (χ0v) is 61.7. The van der Waals surface area contributed by atoms with Crippen LogP contribution in [-0.2, 0) is 23.7 Å². The molecule has 0 saturated carbocycles. The Labute approximate surface area is 618 Å². The molecule has 16 aromatic rings. The molecular weight excluding hydrogens is 1280 g/mol. The van der Waals surface area contributed by atoms with Gasteiger partial charge in [-0.2, -0.15) is 0 Å². The topological polar surface area (TPSA) is 6.48 Å². The number of rotatable bonds is 6. The van der Waals surface area contributed by atoms with Crippen LogP contribution in [0.15, 0.2) is 315 Å². The molecule has 1 spiro atoms. The maximum absolute atomic E-state index is 2.54. The Morgan fingerprint density at radius 3 is 1.14 bits per heavy atom. The summed E-state index contributed by atoms with van der Waals surface area (Å²) in [6.45, 7) is 9.53. The Morgan fingerprint density at radius 1 is 0.248 bits per heavy atom. The van der Waals surface area contributed by atoms with E-state index in [9.17, 15) is 0 Å². The zero-order valence-electron chi connectivity index (χ0n) is 60.7. The van der Waals surface area contributed by atoms with Crippen molar-refractivity contribution in [2.24, 2.45) is 0 Å². The van der Waals surface area contributed by atoms with Gasteiger partial charge in [-0.25, -0.2) is 0 Å². The van der Waals surface area contributed by atoms with Crippen LogP contribution >= 0.6 is 0 Å². The lowest BCUT2D eigenvalue weighted by Gasteiger charge is -2.41. The fourth-order valence-electron chi connectivity index (χ4n) is 20.0. The molecule has 0 atom stereocenters. The van der Waals surface area contributed by atoms with Crippen molar-refractivity contribution in [1.82, 2.24) is 0 Å². The minimum atomic E-state index is -1.82. The third-order valence-corrected chi connectivity index (χ3v) is 30.5. The Bertz CT molecular complexity index is 6270. The summed E-state index contributed by atoms with van der Waals surface area (Å²) in [6, 6.07) is 122. The Kier molecular flexibility index (Phi) is 14.6. The average molecular weight is 1360 g/mol. The normalized spacial score (nSPS) is 15.1. The molecule has 2 aliphatic carbocycles. The summed E-state index contributed by atoms with van der Waals surface area (Å²) in [5, 5.41) is 13.6. The van der Waals surface area contributed by atoms with Gasteiger partial charge in [0, 0.05) is 47.7 Å². The smallest absolute Gasteiger partial charge is 0.123 e. The first-order valence-corrected chi connectivity index (χ1v) is 40.3. The fourth-order valence-corrected chi connectivity index (χ4v) is 25.6. The van der Waals surface area contributed by atoms with Gasteiger partial charge in [-0.15, -0.1) is 0 Å². The van der Waals surface area contributed by atoms with Crippen LogP contribution in [0.2, 0.25) is 12.1 Å². The van der Waals surface area contributed by atoms with Crippen LogP contribution < -0.4 is 20.2 Å². The van der Waals surface area contributed by atoms with Crippen LogP contribution in [0, 0.1) is 0 Å². The molecule has 3 heteroatoms. The predicted molar refractivity (Wildman–Crippen MR) is 451 cm³/mol. The summed E-state index contributed by atoms with van der Waals surface area (Å²) in [5.74, 6) is 0. The van der Waals surface area contributed by atoms with E-state index in [1.807, 2.05) is 0 Å². The minimum Gasteiger partial charge on any atom is -0.345 e. The fraction of sp³-hybridized carbons (Fsp3) is 0.137. The maximum atomic E-state index is 2.54. The molecule has 21 rings (SSSR count). The maximum Gasteiger partial charge on any atom is 0.123 e. The highest BCUT2D eigenvalue weighted by molar-refractivity contribution is 7.05. The molecule has 0 unspecified atom stereocenters. The molecule has 5 aliphatic rings. The van der Waals surface area contributed by atoms with Crippen LogP contribution in [-0.4, -0.2) is 22.2 Å². The summed E-state index contributed by atoms with van der Waals surface area (Å²) < 4.78 is 0. The van der Waals surface area contributed by atoms with Gasteiger partial charge in [0.25, 0.3) is 0 Å². The molecule has 0 radical (unpaired) electrons. The largest absolute Gasteiger partial charge is 0.345 e. The number of nitrogens with zero attached hydrogens (tertiary/aromatic N) is 2. The van der Waals surface area contributed by atoms with Gasteiger partial charge in [-0.3, -0.25) is 0 Å². The first kappa shape index (κ1) is 63.1. The van der Waals surface area contributed by atoms with Gasteiger partial charge in [0.15, 0.2) is 0 Å². The van der Waals surface area contributed by atoms with Crippen LogP contribution in [0.1, 0.15) is 73.9 Å². The Morgan fingerprint density at radius 2 is 0.610 bits per heavy atom. The molecule has 105 heavy (non-hydrogen) atoms. The van der Waals surface area contributed by atoms with Crippen molar-refractivity contribution < 1.29 is 0 Å². The average Bonchev–Trinajstić information content (AvgIpc) is 1.64. The van der Waals surface area contributed by atoms with Crippen LogP contribution in [0.5, 0.6) is 0 Å². The highest BCUT2D eigenvalue weighted by atomic mass is 28.3. The number of para-hydroxylation sites is 2. The second-order valence-corrected chi connectivity index (χ2v) is 35.6. The third-order valence-electron chi connectivity index (χ3n) is 25.2. The minimum absolute atomic E-state index is 0.0730. The van der Waals surface area contributed by atoms with Crippen molar-refractivity contribution in [3.8, 4) is 89.0 Å². The lowest BCUT2D eigenvalue weighted by atomic mass is 9.80. The molecule has 0 aromatic heterocycles. The van der Waals surface area contributed by atoms with Crippen molar-refractivity contribution in [3.05, 3.63) is 349 Å². The van der Waals surface area contributed by atoms with Crippen molar-refractivity contribution in [1.29, 1.82) is 0 Å². The van der Waals surface area contributed by atoms with E-state index in [-0.39, 0.29) is 10.8 Å². The van der Waals surface area contributed by atoms with E-state index in [0.29, 0.717) is 0 Å². The highest BCUT2D eigenvalue weighted by Crippen LogP contribution is 2.55. The van der Waals surface area contributed by atoms with Crippen molar-refractivity contribution in [2.45, 2.75) is 76.3 Å². The number of fused-ring (bicyclic) bond motifs is 16. The number of anilines is 4. The van der Waals surface area contributed by atoms with E-state index in [1.54, 1.807) is 10.4 Å². The Hall–Kier alpha value is -11.6. The van der Waals surface area contributed by atoms with E-state index in [2.05, 4.69) is 367 Å². The van der Waals surface area contributed by atoms with Crippen molar-refractivity contribution in [2.75, 3.05) is 23.9 Å². The van der Waals surface area contributed by atoms with Crippen LogP contribution in [0.25, 0.3) is 132 Å². The van der Waals surface area contributed by atoms with E-state index >= 15 is 0 Å². The van der Waals surface area contributed by atoms with Gasteiger partial charge in [0.1, 0.15) is 8.07 Å². The monoisotopic (exact) mass is 1360 g/mol. The van der Waals surface area contributed by atoms with Crippen molar-refractivity contribution >= 4 is 84.3 Å². The quantitative estimate of drug-likeness (QED) is 0.121. The molecule has 1 saturated heterocycles. The first-order chi connectivity index (χ1) is 51.4. The zero-order chi connectivity index (χ0) is 70.5. The van der Waals surface area contributed by atoms with Crippen molar-refractivity contribution in [3.63, 3.8) is 0 Å². The molecule has 504 valence electrons. The van der Waals surface area contributed by atoms with Gasteiger partial charge in [-0.05, 0) is 249 Å². The molecule has 2 nitrogen and oxygen atoms in total. The molecule has 16 aromatic carbocycles. The lowest BCUT2D eigenvalue weighted by molar-refractivity contribution is 0.660. The number of hydrogen-bond acceptors (Lipinski definition) is 2. The van der Waals surface area contributed by atoms with Gasteiger partial charge in [0.05, 0.1) is 0 Å². The van der Waals surface area contributed by atoms with Crippen LogP contribution in [0.3, 0.4) is 0 Å². The third kappa shape index (κ3) is 9.74. The second kappa shape index (κ2) is 24.2. The predicted octanol–water partition coefficient (Wildman–Crippen LogP) is 25.9. The molecule has 0 bridgehead atoms. The summed E-state index contributed by atoms with van der Waals surface area (Å²) in [6.07, 6.45) is 4.78. The lowest BCUT2D eigenvalue weighted by Crippen LogP contribution is -2.61. The standard InChI is InChI=1S/C52H43NSi.C50H39N/c1-52(2)44-20-10-9-17-38(44)39-26-24-36(32-45(39)52)51-41-19-8-7-18-40(41)50(42-27-23-35(31-43(42)51)34-15-5-4-6-16-34)37-25-28-49-47(33-37)53(3)46-21-11-12-22-48(46)54(49)29-13-14-30-54;1-50(2)44-19-11-10-16-38(44)39-27-26-36(30-45(39)50)49-41-18-9-8-17-40(41)48(42-28-25-35(29-43(42)49)32-13-5-4-6-14-32)37-24-23-34-22-21-33-15-7-12-20-46(33)51(3)47(34)31-37/h4-12,15-28,31-33H,13-14,29-30H2,1-3H3;4-20,23-31H,21-22H2,1-3H3. The molecule has 3 heterocycles. The number of hydrogen-bond donors (Lipinski definition) is 0. The van der Waals surface area contributed by atoms with E-state index in [0.717, 1.165) is 12.8 Å². The summed E-state index contributed by atoms with van der Waals surface area (Å²) >= 11 is 0. The number of aryl methyl sites for hydroxylation is 2. The van der Waals surface area contributed by atoms with E-state index in [1.165, 1.54) is 213 Å². The molecular formula is C102H82N2Si. The van der Waals surface area contributed by atoms with Gasteiger partial charge >= 0.3 is 0 Å². The first-order valence-electron chi connectivity index (χ1n) is 37.9. The summed E-state index contributed by atoms with van der Waals surface area (Å²) in [5.41, 5.74) is 34.4. The highest BCUT2D eigenvalue weighted by Gasteiger charge is 2.47. The molecule has 1 fully saturated rings. The van der Waals surface area contributed by atoms with Crippen LogP contribution in [0.4, 0.5) is 22.7 Å². The summed E-state index contributed by atoms with van der Waals surface area (Å²) in [4.78, 5) is 4.89. The molecule has 0 N–H and O–H groups in total. The van der Waals surface area contributed by atoms with Gasteiger partial charge < -0.3 is 9.80 Å². The molecule has 3 aliphatic heterocycles. The van der Waals surface area contributed by atoms with E-state index < -0.39 is 8.07 Å². The van der Waals surface area contributed by atoms with Gasteiger partial charge in [-0.1, -0.05) is 307 Å². The van der Waals surface area contributed by atoms with E-state index in [4.69, 9.17) is 0 Å². The van der Waals surface area contributed by atoms with Gasteiger partial charge in [0.2, 0.25) is 0 Å². The molecule has 0 amide bonds. The Balaban J connectivity index is 0.000000140. The summed E-state index contributed by atoms with van der Waals surface area (Å²) in [7, 11) is 2.70. The SMILES string of the molecule is CN1c2ccccc2CCc2ccc(-c3c4ccccc4c(-c4ccc5c(c4)C(C)(C)c4ccccc4-5)c4cc(-c5ccccc5)ccc34)cc21.CN1c2ccccc2[Si]2(CCCC2)c2ccc(-c3c4ccccc4c(-c4ccc5c(c4)C(C)(C)c4ccccc4-5)c4cc(-c5ccccc5)ccc34)cc21.